The summed E-state index contributed by atoms with van der Waals surface area (Å²) in [6, 6.07) is 5.17. The lowest BCUT2D eigenvalue weighted by Gasteiger charge is -2.00. The van der Waals surface area contributed by atoms with E-state index in [0.717, 1.165) is 5.69 Å². The number of carbonyl (C=O) groups is 1. The van der Waals surface area contributed by atoms with Gasteiger partial charge in [0.15, 0.2) is 6.73 Å². The second kappa shape index (κ2) is 2.97. The molecule has 0 amide bonds. The Morgan fingerprint density at radius 3 is 3.23 bits per heavy atom. The first kappa shape index (κ1) is 7.91. The van der Waals surface area contributed by atoms with Crippen LogP contribution in [0, 0.1) is 0 Å². The highest BCUT2D eigenvalue weighted by atomic mass is 16.5. The summed E-state index contributed by atoms with van der Waals surface area (Å²) in [7, 11) is 1.36. The number of hydrogen-bond donors (Lipinski definition) is 1. The van der Waals surface area contributed by atoms with Crippen molar-refractivity contribution in [3.05, 3.63) is 23.8 Å². The first-order valence-electron chi connectivity index (χ1n) is 3.90. The molecule has 1 heterocycles. The molecule has 0 aliphatic carbocycles. The highest BCUT2D eigenvalue weighted by Gasteiger charge is 2.14. The second-order valence-electron chi connectivity index (χ2n) is 2.67. The summed E-state index contributed by atoms with van der Waals surface area (Å²) in [6.45, 7) is 0.458. The summed E-state index contributed by atoms with van der Waals surface area (Å²) in [4.78, 5) is 11.1. The highest BCUT2D eigenvalue weighted by molar-refractivity contribution is 5.90. The number of rotatable bonds is 1. The van der Waals surface area contributed by atoms with E-state index >= 15 is 0 Å². The van der Waals surface area contributed by atoms with Gasteiger partial charge in [-0.3, -0.25) is 0 Å². The zero-order valence-corrected chi connectivity index (χ0v) is 7.16. The van der Waals surface area contributed by atoms with Gasteiger partial charge in [0.2, 0.25) is 0 Å². The third kappa shape index (κ3) is 1.30. The Labute approximate surface area is 75.5 Å². The van der Waals surface area contributed by atoms with Gasteiger partial charge >= 0.3 is 5.97 Å². The molecule has 0 unspecified atom stereocenters. The van der Waals surface area contributed by atoms with Crippen molar-refractivity contribution in [2.75, 3.05) is 19.2 Å². The van der Waals surface area contributed by atoms with E-state index < -0.39 is 0 Å². The summed E-state index contributed by atoms with van der Waals surface area (Å²) < 4.78 is 9.80. The Kier molecular flexibility index (Phi) is 1.81. The smallest absolute Gasteiger partial charge is 0.337 e. The zero-order chi connectivity index (χ0) is 9.26. The molecule has 0 aromatic heterocycles. The molecule has 4 heteroatoms. The Hall–Kier alpha value is -1.71. The average molecular weight is 179 g/mol. The lowest BCUT2D eigenvalue weighted by molar-refractivity contribution is 0.0600. The Morgan fingerprint density at radius 2 is 2.46 bits per heavy atom. The van der Waals surface area contributed by atoms with Gasteiger partial charge in [-0.2, -0.15) is 0 Å². The number of ether oxygens (including phenoxy) is 2. The fourth-order valence-corrected chi connectivity index (χ4v) is 1.22. The van der Waals surface area contributed by atoms with Crippen LogP contribution in [0.2, 0.25) is 0 Å². The number of anilines is 1. The summed E-state index contributed by atoms with van der Waals surface area (Å²) >= 11 is 0. The molecule has 1 aromatic rings. The van der Waals surface area contributed by atoms with Crippen LogP contribution in [-0.4, -0.2) is 19.8 Å². The zero-order valence-electron chi connectivity index (χ0n) is 7.16. The highest BCUT2D eigenvalue weighted by Crippen LogP contribution is 2.29. The topological polar surface area (TPSA) is 47.6 Å². The summed E-state index contributed by atoms with van der Waals surface area (Å²) in [5.74, 6) is 0.348. The number of nitrogens with one attached hydrogen (secondary N) is 1. The minimum absolute atomic E-state index is 0.349. The van der Waals surface area contributed by atoms with E-state index in [1.165, 1.54) is 7.11 Å². The van der Waals surface area contributed by atoms with Crippen molar-refractivity contribution in [1.29, 1.82) is 0 Å². The van der Waals surface area contributed by atoms with Crippen molar-refractivity contribution in [3.8, 4) is 5.75 Å². The van der Waals surface area contributed by atoms with Crippen LogP contribution in [0.25, 0.3) is 0 Å². The van der Waals surface area contributed by atoms with Gasteiger partial charge in [-0.25, -0.2) is 4.79 Å². The van der Waals surface area contributed by atoms with Crippen molar-refractivity contribution >= 4 is 11.7 Å². The van der Waals surface area contributed by atoms with E-state index in [1.807, 2.05) is 0 Å². The fourth-order valence-electron chi connectivity index (χ4n) is 1.22. The molecule has 1 N–H and O–H groups in total. The SMILES string of the molecule is COC(=O)c1ccc2c(c1)OCN2. The third-order valence-corrected chi connectivity index (χ3v) is 1.89. The van der Waals surface area contributed by atoms with Gasteiger partial charge in [-0.05, 0) is 18.2 Å². The molecule has 13 heavy (non-hydrogen) atoms. The maximum absolute atomic E-state index is 11.1. The minimum atomic E-state index is -0.349. The van der Waals surface area contributed by atoms with Gasteiger partial charge in [-0.15, -0.1) is 0 Å². The van der Waals surface area contributed by atoms with E-state index in [2.05, 4.69) is 10.1 Å². The maximum atomic E-state index is 11.1. The molecular weight excluding hydrogens is 170 g/mol. The first-order valence-corrected chi connectivity index (χ1v) is 3.90. The van der Waals surface area contributed by atoms with Crippen LogP contribution in [0.1, 0.15) is 10.4 Å². The first-order chi connectivity index (χ1) is 6.31. The maximum Gasteiger partial charge on any atom is 0.337 e. The lowest BCUT2D eigenvalue weighted by atomic mass is 10.2. The van der Waals surface area contributed by atoms with Crippen molar-refractivity contribution in [3.63, 3.8) is 0 Å². The largest absolute Gasteiger partial charge is 0.471 e. The molecule has 68 valence electrons. The van der Waals surface area contributed by atoms with Crippen molar-refractivity contribution in [2.45, 2.75) is 0 Å². The lowest BCUT2D eigenvalue weighted by Crippen LogP contribution is -2.00. The van der Waals surface area contributed by atoms with Gasteiger partial charge in [-0.1, -0.05) is 0 Å². The molecule has 0 radical (unpaired) electrons. The van der Waals surface area contributed by atoms with Crippen LogP contribution in [-0.2, 0) is 4.74 Å². The number of carbonyl (C=O) groups excluding carboxylic acids is 1. The normalized spacial score (nSPS) is 12.7. The number of hydrogen-bond acceptors (Lipinski definition) is 4. The summed E-state index contributed by atoms with van der Waals surface area (Å²) in [5, 5.41) is 3.01. The molecule has 0 saturated carbocycles. The van der Waals surface area contributed by atoms with Crippen LogP contribution in [0.5, 0.6) is 5.75 Å². The molecule has 0 saturated heterocycles. The van der Waals surface area contributed by atoms with Gasteiger partial charge in [0.05, 0.1) is 18.4 Å². The Bertz CT molecular complexity index is 349. The van der Waals surface area contributed by atoms with Crippen LogP contribution >= 0.6 is 0 Å². The third-order valence-electron chi connectivity index (χ3n) is 1.89. The van der Waals surface area contributed by atoms with E-state index in [0.29, 0.717) is 18.0 Å². The molecule has 0 bridgehead atoms. The van der Waals surface area contributed by atoms with E-state index in [-0.39, 0.29) is 5.97 Å². The summed E-state index contributed by atoms with van der Waals surface area (Å²) in [6.07, 6.45) is 0. The molecule has 0 fully saturated rings. The van der Waals surface area contributed by atoms with Crippen LogP contribution in [0.15, 0.2) is 18.2 Å². The predicted molar refractivity (Wildman–Crippen MR) is 46.9 cm³/mol. The predicted octanol–water partition coefficient (Wildman–Crippen LogP) is 1.23. The monoisotopic (exact) mass is 179 g/mol. The molecule has 1 aliphatic heterocycles. The Balaban J connectivity index is 2.36. The van der Waals surface area contributed by atoms with Crippen LogP contribution in [0.3, 0.4) is 0 Å². The molecule has 0 spiro atoms. The van der Waals surface area contributed by atoms with Gasteiger partial charge in [0, 0.05) is 0 Å². The van der Waals surface area contributed by atoms with Crippen molar-refractivity contribution in [2.24, 2.45) is 0 Å². The molecule has 1 aliphatic rings. The molecule has 2 rings (SSSR count). The van der Waals surface area contributed by atoms with Crippen LogP contribution < -0.4 is 10.1 Å². The summed E-state index contributed by atoms with van der Waals surface area (Å²) in [5.41, 5.74) is 1.41. The van der Waals surface area contributed by atoms with Crippen molar-refractivity contribution < 1.29 is 14.3 Å². The minimum Gasteiger partial charge on any atom is -0.471 e. The molecule has 1 aromatic carbocycles. The quantitative estimate of drug-likeness (QED) is 0.659. The van der Waals surface area contributed by atoms with Gasteiger partial charge < -0.3 is 14.8 Å². The number of esters is 1. The van der Waals surface area contributed by atoms with E-state index in [9.17, 15) is 4.79 Å². The number of benzene rings is 1. The standard InChI is InChI=1S/C9H9NO3/c1-12-9(11)6-2-3-7-8(4-6)13-5-10-7/h2-4,10H,5H2,1H3. The van der Waals surface area contributed by atoms with Gasteiger partial charge in [0.25, 0.3) is 0 Å². The second-order valence-corrected chi connectivity index (χ2v) is 2.67. The number of methoxy groups -OCH3 is 1. The molecule has 0 atom stereocenters. The number of fused-ring (bicyclic) bond motifs is 1. The molecule has 4 nitrogen and oxygen atoms in total. The molecular formula is C9H9NO3. The average Bonchev–Trinajstić information content (AvgIpc) is 2.63. The van der Waals surface area contributed by atoms with E-state index in [4.69, 9.17) is 4.74 Å². The van der Waals surface area contributed by atoms with Crippen molar-refractivity contribution in [1.82, 2.24) is 0 Å². The van der Waals surface area contributed by atoms with Crippen LogP contribution in [0.4, 0.5) is 5.69 Å². The van der Waals surface area contributed by atoms with E-state index in [1.54, 1.807) is 18.2 Å². The van der Waals surface area contributed by atoms with Gasteiger partial charge in [0.1, 0.15) is 5.75 Å². The fraction of sp³-hybridized carbons (Fsp3) is 0.222. The Morgan fingerprint density at radius 1 is 1.62 bits per heavy atom.